The Morgan fingerprint density at radius 3 is 1.36 bits per heavy atom. The number of carbonyl (C=O) groups is 2. The zero-order valence-corrected chi connectivity index (χ0v) is 16.7. The third-order valence-corrected chi connectivity index (χ3v) is 5.81. The molecule has 0 fully saturated rings. The average molecular weight is 443 g/mol. The number of carboxylic acids is 2. The van der Waals surface area contributed by atoms with Crippen LogP contribution in [0, 0.1) is 0 Å². The van der Waals surface area contributed by atoms with Crippen molar-refractivity contribution in [2.45, 2.75) is 48.4 Å². The predicted molar refractivity (Wildman–Crippen MR) is 79.0 cm³/mol. The second-order valence-electron chi connectivity index (χ2n) is 4.03. The second-order valence-corrected chi connectivity index (χ2v) is 9.51. The quantitative estimate of drug-likeness (QED) is 0.183. The molecule has 4 N–H and O–H groups in total. The van der Waals surface area contributed by atoms with Crippen LogP contribution in [0.25, 0.3) is 0 Å². The predicted octanol–water partition coefficient (Wildman–Crippen LogP) is -2.44. The molecule has 0 aliphatic heterocycles. The molecular weight excluding hydrogens is 419 g/mol. The summed E-state index contributed by atoms with van der Waals surface area (Å²) in [5.41, 5.74) is 0. The molecular formula is C12H24O8SiSn. The topological polar surface area (TPSA) is 161 Å². The molecule has 0 saturated heterocycles. The van der Waals surface area contributed by atoms with Gasteiger partial charge in [-0.15, -0.1) is 0 Å². The monoisotopic (exact) mass is 444 g/mol. The first-order chi connectivity index (χ1) is 10.0. The SMILES string of the molecule is CCC[CH2][Sn+2][CH2]CCC.O=C([O-])/C=C\C(=O)[O-].O[Si](O)(O)O. The largest absolute Gasteiger partial charge is 0.668 e. The van der Waals surface area contributed by atoms with Crippen LogP contribution < -0.4 is 10.2 Å². The van der Waals surface area contributed by atoms with Crippen molar-refractivity contribution in [2.75, 3.05) is 0 Å². The zero-order valence-electron chi connectivity index (χ0n) is 12.8. The van der Waals surface area contributed by atoms with Gasteiger partial charge in [0.05, 0.1) is 11.9 Å². The zero-order chi connectivity index (χ0) is 18.0. The van der Waals surface area contributed by atoms with Gasteiger partial charge in [-0.05, 0) is 12.2 Å². The molecule has 0 atom stereocenters. The van der Waals surface area contributed by atoms with Crippen molar-refractivity contribution in [3.05, 3.63) is 12.2 Å². The molecule has 0 aromatic heterocycles. The van der Waals surface area contributed by atoms with E-state index >= 15 is 0 Å². The third-order valence-electron chi connectivity index (χ3n) is 1.77. The summed E-state index contributed by atoms with van der Waals surface area (Å²) in [6.07, 6.45) is 6.61. The summed E-state index contributed by atoms with van der Waals surface area (Å²) in [7, 11) is -4.61. The van der Waals surface area contributed by atoms with Gasteiger partial charge in [-0.1, -0.05) is 0 Å². The molecule has 8 nitrogen and oxygen atoms in total. The molecule has 0 saturated carbocycles. The van der Waals surface area contributed by atoms with Gasteiger partial charge in [0.15, 0.2) is 0 Å². The summed E-state index contributed by atoms with van der Waals surface area (Å²) in [5, 5.41) is 18.8. The molecule has 0 rings (SSSR count). The first-order valence-electron chi connectivity index (χ1n) is 6.74. The van der Waals surface area contributed by atoms with Crippen LogP contribution in [0.3, 0.4) is 0 Å². The maximum absolute atomic E-state index is 9.41. The van der Waals surface area contributed by atoms with Crippen LogP contribution in [0.4, 0.5) is 0 Å². The fourth-order valence-corrected chi connectivity index (χ4v) is 5.02. The van der Waals surface area contributed by atoms with E-state index in [9.17, 15) is 19.8 Å². The molecule has 128 valence electrons. The number of carbonyl (C=O) groups excluding carboxylic acids is 2. The van der Waals surface area contributed by atoms with E-state index < -0.39 is 21.0 Å². The molecule has 0 bridgehead atoms. The van der Waals surface area contributed by atoms with Crippen LogP contribution in [0.1, 0.15) is 39.5 Å². The fourth-order valence-electron chi connectivity index (χ4n) is 0.865. The first kappa shape index (κ1) is 26.4. The van der Waals surface area contributed by atoms with Crippen molar-refractivity contribution >= 4 is 42.1 Å². The van der Waals surface area contributed by atoms with Gasteiger partial charge < -0.3 is 39.0 Å². The Morgan fingerprint density at radius 1 is 0.909 bits per heavy atom. The Labute approximate surface area is 141 Å². The van der Waals surface area contributed by atoms with Crippen LogP contribution in [0.5, 0.6) is 0 Å². The van der Waals surface area contributed by atoms with Gasteiger partial charge in [0, 0.05) is 0 Å². The first-order valence-corrected chi connectivity index (χ1v) is 12.6. The van der Waals surface area contributed by atoms with Crippen molar-refractivity contribution in [2.24, 2.45) is 0 Å². The molecule has 0 aliphatic rings. The molecule has 0 aromatic carbocycles. The number of carboxylic acid groups (broad SMARTS) is 2. The Kier molecular flexibility index (Phi) is 22.3. The maximum atomic E-state index is 9.41. The summed E-state index contributed by atoms with van der Waals surface area (Å²) in [6, 6.07) is 0. The van der Waals surface area contributed by atoms with Crippen molar-refractivity contribution < 1.29 is 39.0 Å². The van der Waals surface area contributed by atoms with Gasteiger partial charge >= 0.3 is 78.6 Å². The van der Waals surface area contributed by atoms with Crippen LogP contribution in [-0.4, -0.2) is 61.3 Å². The van der Waals surface area contributed by atoms with Crippen LogP contribution in [0.15, 0.2) is 12.2 Å². The fraction of sp³-hybridized carbons (Fsp3) is 0.667. The molecule has 0 radical (unpaired) electrons. The average Bonchev–Trinajstić information content (AvgIpc) is 2.35. The summed E-state index contributed by atoms with van der Waals surface area (Å²) < 4.78 is 3.25. The summed E-state index contributed by atoms with van der Waals surface area (Å²) in [5.74, 6) is -3.09. The normalized spacial score (nSPS) is 9.91. The Morgan fingerprint density at radius 2 is 1.18 bits per heavy atom. The molecule has 0 aromatic rings. The van der Waals surface area contributed by atoms with Crippen molar-refractivity contribution in [1.29, 1.82) is 0 Å². The summed E-state index contributed by atoms with van der Waals surface area (Å²) in [6.45, 7) is 4.58. The van der Waals surface area contributed by atoms with Crippen LogP contribution >= 0.6 is 0 Å². The number of aliphatic carboxylic acids is 2. The minimum Gasteiger partial charge on any atom is -0.545 e. The maximum Gasteiger partial charge on any atom is 0.668 e. The third kappa shape index (κ3) is 60.5. The molecule has 0 amide bonds. The van der Waals surface area contributed by atoms with Gasteiger partial charge in [-0.3, -0.25) is 0 Å². The van der Waals surface area contributed by atoms with E-state index in [4.69, 9.17) is 19.2 Å². The standard InChI is InChI=1S/C4H4O4.2C4H9.H4O4Si.Sn/c5-3(6)1-2-4(7)8;2*1-3-4-2;1-5(2,3)4;/h1-2H,(H,5,6)(H,7,8);2*1,3-4H2,2H3;1-4H;/q;;;;+2/p-2/b2-1-;;;;. The van der Waals surface area contributed by atoms with E-state index in [-0.39, 0.29) is 21.1 Å². The summed E-state index contributed by atoms with van der Waals surface area (Å²) >= 11 is 0.149. The van der Waals surface area contributed by atoms with Crippen LogP contribution in [0.2, 0.25) is 8.87 Å². The van der Waals surface area contributed by atoms with Crippen LogP contribution in [-0.2, 0) is 9.59 Å². The number of hydrogen-bond donors (Lipinski definition) is 4. The van der Waals surface area contributed by atoms with E-state index in [1.807, 2.05) is 0 Å². The van der Waals surface area contributed by atoms with Gasteiger partial charge in [-0.25, -0.2) is 0 Å². The van der Waals surface area contributed by atoms with Crippen molar-refractivity contribution in [3.63, 3.8) is 0 Å². The van der Waals surface area contributed by atoms with Crippen molar-refractivity contribution in [1.82, 2.24) is 0 Å². The van der Waals surface area contributed by atoms with E-state index in [1.54, 1.807) is 8.87 Å². The molecule has 0 spiro atoms. The molecule has 22 heavy (non-hydrogen) atoms. The smallest absolute Gasteiger partial charge is 0.545 e. The van der Waals surface area contributed by atoms with Crippen molar-refractivity contribution in [3.8, 4) is 0 Å². The number of hydrogen-bond acceptors (Lipinski definition) is 8. The molecule has 0 unspecified atom stereocenters. The minimum absolute atomic E-state index is 0.149. The second kappa shape index (κ2) is 18.6. The molecule has 0 heterocycles. The number of unbranched alkanes of at least 4 members (excludes halogenated alkanes) is 2. The van der Waals surface area contributed by atoms with E-state index in [1.165, 1.54) is 25.7 Å². The molecule has 10 heteroatoms. The number of rotatable bonds is 8. The minimum atomic E-state index is -4.61. The Hall–Kier alpha value is -0.464. The Balaban J connectivity index is -0.000000257. The summed E-state index contributed by atoms with van der Waals surface area (Å²) in [4.78, 5) is 48.1. The van der Waals surface area contributed by atoms with Gasteiger partial charge in [0.2, 0.25) is 0 Å². The van der Waals surface area contributed by atoms with E-state index in [2.05, 4.69) is 13.8 Å². The van der Waals surface area contributed by atoms with Gasteiger partial charge in [0.25, 0.3) is 0 Å². The van der Waals surface area contributed by atoms with Gasteiger partial charge in [-0.2, -0.15) is 0 Å². The van der Waals surface area contributed by atoms with Gasteiger partial charge in [0.1, 0.15) is 0 Å². The van der Waals surface area contributed by atoms with E-state index in [0.29, 0.717) is 12.2 Å². The molecule has 0 aliphatic carbocycles. The Bertz CT molecular complexity index is 276. The van der Waals surface area contributed by atoms with E-state index in [0.717, 1.165) is 0 Å².